The summed E-state index contributed by atoms with van der Waals surface area (Å²) in [6.45, 7) is 5.94. The third-order valence-electron chi connectivity index (χ3n) is 6.05. The number of benzene rings is 2. The van der Waals surface area contributed by atoms with E-state index in [1.165, 1.54) is 19.3 Å². The largest absolute Gasteiger partial charge is 0.493 e. The minimum atomic E-state index is 0.633. The first-order valence-corrected chi connectivity index (χ1v) is 11.2. The summed E-state index contributed by atoms with van der Waals surface area (Å²) >= 11 is 0. The van der Waals surface area contributed by atoms with Crippen molar-refractivity contribution >= 4 is 33.3 Å². The molecule has 7 nitrogen and oxygen atoms in total. The normalized spacial score (nSPS) is 14.7. The number of H-pyrrole nitrogens is 1. The van der Waals surface area contributed by atoms with Gasteiger partial charge in [0.05, 0.1) is 12.6 Å². The summed E-state index contributed by atoms with van der Waals surface area (Å²) in [5.41, 5.74) is 4.04. The second-order valence-electron chi connectivity index (χ2n) is 8.37. The Morgan fingerprint density at radius 1 is 1.03 bits per heavy atom. The number of nitrogens with zero attached hydrogens (tertiary/aromatic N) is 3. The third kappa shape index (κ3) is 4.34. The van der Waals surface area contributed by atoms with Crippen LogP contribution < -0.4 is 14.8 Å². The highest BCUT2D eigenvalue weighted by atomic mass is 16.5. The van der Waals surface area contributed by atoms with Gasteiger partial charge in [-0.2, -0.15) is 0 Å². The van der Waals surface area contributed by atoms with Gasteiger partial charge in [0.25, 0.3) is 0 Å². The van der Waals surface area contributed by atoms with Crippen LogP contribution in [0.15, 0.2) is 42.7 Å². The maximum Gasteiger partial charge on any atom is 0.163 e. The Morgan fingerprint density at radius 2 is 1.91 bits per heavy atom. The topological polar surface area (TPSA) is 75.3 Å². The molecule has 1 aliphatic rings. The van der Waals surface area contributed by atoms with Crippen molar-refractivity contribution in [2.24, 2.45) is 0 Å². The summed E-state index contributed by atoms with van der Waals surface area (Å²) in [7, 11) is 1.66. The van der Waals surface area contributed by atoms with Crippen molar-refractivity contribution in [3.05, 3.63) is 48.4 Å². The van der Waals surface area contributed by atoms with Crippen molar-refractivity contribution < 1.29 is 9.47 Å². The average molecular weight is 432 g/mol. The van der Waals surface area contributed by atoms with E-state index in [2.05, 4.69) is 50.3 Å². The molecule has 2 aromatic heterocycles. The van der Waals surface area contributed by atoms with Crippen LogP contribution in [0.2, 0.25) is 0 Å². The fraction of sp³-hybridized carbons (Fsp3) is 0.360. The Labute approximate surface area is 187 Å². The van der Waals surface area contributed by atoms with E-state index in [4.69, 9.17) is 9.47 Å². The highest BCUT2D eigenvalue weighted by molar-refractivity contribution is 5.94. The maximum absolute atomic E-state index is 6.10. The van der Waals surface area contributed by atoms with E-state index in [1.807, 2.05) is 18.2 Å². The number of piperidine rings is 1. The summed E-state index contributed by atoms with van der Waals surface area (Å²) in [5.74, 6) is 2.14. The molecule has 0 unspecified atom stereocenters. The van der Waals surface area contributed by atoms with Gasteiger partial charge in [0, 0.05) is 40.3 Å². The third-order valence-corrected chi connectivity index (χ3v) is 6.05. The second kappa shape index (κ2) is 9.04. The molecule has 0 aliphatic carbocycles. The zero-order valence-electron chi connectivity index (χ0n) is 18.6. The van der Waals surface area contributed by atoms with Gasteiger partial charge in [-0.1, -0.05) is 6.42 Å². The lowest BCUT2D eigenvalue weighted by Crippen LogP contribution is -2.33. The quantitative estimate of drug-likeness (QED) is 0.427. The van der Waals surface area contributed by atoms with Gasteiger partial charge in [0.2, 0.25) is 0 Å². The van der Waals surface area contributed by atoms with Crippen LogP contribution in [-0.4, -0.2) is 53.2 Å². The zero-order valence-corrected chi connectivity index (χ0v) is 18.6. The molecule has 3 heterocycles. The number of aryl methyl sites for hydroxylation is 1. The number of hydrogen-bond donors (Lipinski definition) is 2. The maximum atomic E-state index is 6.10. The summed E-state index contributed by atoms with van der Waals surface area (Å²) in [5, 5.41) is 5.48. The number of aromatic amines is 1. The first-order chi connectivity index (χ1) is 15.7. The van der Waals surface area contributed by atoms with Crippen molar-refractivity contribution in [2.45, 2.75) is 26.2 Å². The molecule has 7 heteroatoms. The van der Waals surface area contributed by atoms with Crippen molar-refractivity contribution in [1.82, 2.24) is 19.9 Å². The van der Waals surface area contributed by atoms with Gasteiger partial charge >= 0.3 is 0 Å². The van der Waals surface area contributed by atoms with E-state index in [0.717, 1.165) is 58.6 Å². The predicted octanol–water partition coefficient (Wildman–Crippen LogP) is 5.04. The van der Waals surface area contributed by atoms with Crippen LogP contribution in [0.5, 0.6) is 11.5 Å². The van der Waals surface area contributed by atoms with Crippen LogP contribution in [0.1, 0.15) is 25.0 Å². The number of rotatable bonds is 7. The van der Waals surface area contributed by atoms with E-state index in [1.54, 1.807) is 13.4 Å². The fourth-order valence-electron chi connectivity index (χ4n) is 4.40. The smallest absolute Gasteiger partial charge is 0.163 e. The van der Waals surface area contributed by atoms with Gasteiger partial charge in [0.1, 0.15) is 18.8 Å². The van der Waals surface area contributed by atoms with E-state index in [-0.39, 0.29) is 0 Å². The monoisotopic (exact) mass is 431 g/mol. The number of hydrogen-bond acceptors (Lipinski definition) is 6. The van der Waals surface area contributed by atoms with Crippen LogP contribution in [0.25, 0.3) is 21.8 Å². The molecule has 166 valence electrons. The molecule has 0 spiro atoms. The number of ether oxygens (including phenoxy) is 2. The van der Waals surface area contributed by atoms with Gasteiger partial charge in [-0.3, -0.25) is 4.90 Å². The first kappa shape index (κ1) is 20.6. The highest BCUT2D eigenvalue weighted by Crippen LogP contribution is 2.35. The first-order valence-electron chi connectivity index (χ1n) is 11.2. The molecule has 2 N–H and O–H groups in total. The average Bonchev–Trinajstić information content (AvgIpc) is 3.19. The van der Waals surface area contributed by atoms with Crippen LogP contribution >= 0.6 is 0 Å². The standard InChI is InChI=1S/C25H29N5O2/c1-17-12-18-13-19(6-7-21(18)28-17)29-25-20-14-23(31-2)24(15-22(20)26-16-27-25)32-11-10-30-8-4-3-5-9-30/h6-7,12-16,28H,3-5,8-11H2,1-2H3,(H,26,27,29). The van der Waals surface area contributed by atoms with Crippen molar-refractivity contribution in [1.29, 1.82) is 0 Å². The molecule has 1 aliphatic heterocycles. The van der Waals surface area contributed by atoms with Crippen molar-refractivity contribution in [3.8, 4) is 11.5 Å². The van der Waals surface area contributed by atoms with E-state index in [0.29, 0.717) is 18.1 Å². The summed E-state index contributed by atoms with van der Waals surface area (Å²) in [6.07, 6.45) is 5.48. The molecule has 2 aromatic carbocycles. The van der Waals surface area contributed by atoms with Gasteiger partial charge in [0.15, 0.2) is 11.5 Å². The number of nitrogens with one attached hydrogen (secondary N) is 2. The molecular weight excluding hydrogens is 402 g/mol. The molecular formula is C25H29N5O2. The Kier molecular flexibility index (Phi) is 5.81. The zero-order chi connectivity index (χ0) is 21.9. The molecule has 0 atom stereocenters. The molecule has 0 bridgehead atoms. The lowest BCUT2D eigenvalue weighted by Gasteiger charge is -2.26. The van der Waals surface area contributed by atoms with Crippen LogP contribution in [-0.2, 0) is 0 Å². The van der Waals surface area contributed by atoms with E-state index < -0.39 is 0 Å². The minimum Gasteiger partial charge on any atom is -0.493 e. The summed E-state index contributed by atoms with van der Waals surface area (Å²) in [6, 6.07) is 12.3. The van der Waals surface area contributed by atoms with Gasteiger partial charge in [-0.15, -0.1) is 0 Å². The Bertz CT molecular complexity index is 1230. The second-order valence-corrected chi connectivity index (χ2v) is 8.37. The summed E-state index contributed by atoms with van der Waals surface area (Å²) < 4.78 is 11.7. The molecule has 1 saturated heterocycles. The van der Waals surface area contributed by atoms with E-state index in [9.17, 15) is 0 Å². The Balaban J connectivity index is 1.37. The van der Waals surface area contributed by atoms with Crippen molar-refractivity contribution in [3.63, 3.8) is 0 Å². The van der Waals surface area contributed by atoms with Gasteiger partial charge in [-0.05, 0) is 63.2 Å². The molecule has 5 rings (SSSR count). The molecule has 1 fully saturated rings. The van der Waals surface area contributed by atoms with E-state index >= 15 is 0 Å². The predicted molar refractivity (Wildman–Crippen MR) is 128 cm³/mol. The molecule has 0 saturated carbocycles. The number of fused-ring (bicyclic) bond motifs is 2. The SMILES string of the molecule is COc1cc2c(Nc3ccc4[nH]c(C)cc4c3)ncnc2cc1OCCN1CCCCC1. The molecule has 0 radical (unpaired) electrons. The Morgan fingerprint density at radius 3 is 2.75 bits per heavy atom. The number of likely N-dealkylation sites (tertiary alicyclic amines) is 1. The highest BCUT2D eigenvalue weighted by Gasteiger charge is 2.14. The van der Waals surface area contributed by atoms with Gasteiger partial charge in [-0.25, -0.2) is 9.97 Å². The fourth-order valence-corrected chi connectivity index (χ4v) is 4.40. The van der Waals surface area contributed by atoms with Crippen LogP contribution in [0.4, 0.5) is 11.5 Å². The molecule has 0 amide bonds. The lowest BCUT2D eigenvalue weighted by molar-refractivity contribution is 0.181. The summed E-state index contributed by atoms with van der Waals surface area (Å²) in [4.78, 5) is 14.8. The van der Waals surface area contributed by atoms with Gasteiger partial charge < -0.3 is 19.8 Å². The number of methoxy groups -OCH3 is 1. The van der Waals surface area contributed by atoms with Crippen LogP contribution in [0, 0.1) is 6.92 Å². The Hall–Kier alpha value is -3.32. The number of anilines is 2. The van der Waals surface area contributed by atoms with Crippen molar-refractivity contribution in [2.75, 3.05) is 38.7 Å². The molecule has 4 aromatic rings. The minimum absolute atomic E-state index is 0.633. The number of aromatic nitrogens is 3. The molecule has 32 heavy (non-hydrogen) atoms. The lowest BCUT2D eigenvalue weighted by atomic mass is 10.1. The van der Waals surface area contributed by atoms with Crippen LogP contribution in [0.3, 0.4) is 0 Å².